The van der Waals surface area contributed by atoms with Gasteiger partial charge in [0.05, 0.1) is 6.20 Å². The van der Waals surface area contributed by atoms with Crippen LogP contribution in [0.5, 0.6) is 0 Å². The summed E-state index contributed by atoms with van der Waals surface area (Å²) in [5.74, 6) is 1.86. The molecule has 0 spiro atoms. The van der Waals surface area contributed by atoms with Gasteiger partial charge in [0.2, 0.25) is 0 Å². The van der Waals surface area contributed by atoms with E-state index in [1.165, 1.54) is 30.4 Å². The van der Waals surface area contributed by atoms with Crippen LogP contribution in [-0.4, -0.2) is 33.9 Å². The zero-order valence-electron chi connectivity index (χ0n) is 18.4. The van der Waals surface area contributed by atoms with Gasteiger partial charge >= 0.3 is 0 Å². The average molecular weight is 449 g/mol. The highest BCUT2D eigenvalue weighted by Crippen LogP contribution is 2.42. The second kappa shape index (κ2) is 8.62. The van der Waals surface area contributed by atoms with Crippen LogP contribution in [0, 0.1) is 6.92 Å². The molecule has 2 aromatic carbocycles. The number of halogens is 1. The number of imidazole rings is 1. The summed E-state index contributed by atoms with van der Waals surface area (Å²) in [6, 6.07) is 12.4. The maximum absolute atomic E-state index is 13.5. The number of carbonyl (C=O) groups excluding carboxylic acids is 1. The molecule has 3 N–H and O–H groups in total. The molecule has 166 valence electrons. The summed E-state index contributed by atoms with van der Waals surface area (Å²) >= 11 is 6.12. The summed E-state index contributed by atoms with van der Waals surface area (Å²) in [6.45, 7) is 3.58. The number of hydrogen-bond donors (Lipinski definition) is 2. The molecule has 5 rings (SSSR count). The highest BCUT2D eigenvalue weighted by Gasteiger charge is 2.29. The van der Waals surface area contributed by atoms with Crippen molar-refractivity contribution in [3.8, 4) is 11.4 Å². The molecule has 1 amide bonds. The number of nitrogen functional groups attached to an aromatic ring is 1. The van der Waals surface area contributed by atoms with Gasteiger partial charge in [0.25, 0.3) is 5.91 Å². The average Bonchev–Trinajstić information content (AvgIpc) is 3.19. The Kier molecular flexibility index (Phi) is 5.68. The van der Waals surface area contributed by atoms with Crippen molar-refractivity contribution in [1.29, 1.82) is 0 Å². The van der Waals surface area contributed by atoms with Gasteiger partial charge in [-0.2, -0.15) is 0 Å². The highest BCUT2D eigenvalue weighted by atomic mass is 35.5. The fraction of sp³-hybridized carbons (Fsp3) is 0.385. The number of likely N-dealkylation sites (tertiary alicyclic amines) is 1. The Morgan fingerprint density at radius 3 is 2.41 bits per heavy atom. The lowest BCUT2D eigenvalue weighted by molar-refractivity contribution is 0.0712. The van der Waals surface area contributed by atoms with Gasteiger partial charge in [-0.3, -0.25) is 4.79 Å². The SMILES string of the molecule is Cc1cc(C2CCC2)c(-c2ncc(Cl)[nH]2)cc1C(=O)N1CCC(c2ccc(N)cc2)CC1. The molecular formula is C26H29ClN4O. The number of nitrogens with two attached hydrogens (primary N) is 1. The maximum atomic E-state index is 13.5. The number of benzene rings is 2. The van der Waals surface area contributed by atoms with Crippen LogP contribution in [0.1, 0.15) is 71.0 Å². The third kappa shape index (κ3) is 4.02. The number of nitrogens with zero attached hydrogens (tertiary/aromatic N) is 2. The Hall–Kier alpha value is -2.79. The highest BCUT2D eigenvalue weighted by molar-refractivity contribution is 6.29. The van der Waals surface area contributed by atoms with Crippen molar-refractivity contribution in [2.45, 2.75) is 50.9 Å². The molecule has 1 aromatic heterocycles. The minimum atomic E-state index is 0.109. The van der Waals surface area contributed by atoms with Crippen molar-refractivity contribution in [2.75, 3.05) is 18.8 Å². The molecule has 0 radical (unpaired) electrons. The number of carbonyl (C=O) groups is 1. The van der Waals surface area contributed by atoms with E-state index in [1.807, 2.05) is 23.1 Å². The first-order valence-electron chi connectivity index (χ1n) is 11.5. The van der Waals surface area contributed by atoms with Crippen LogP contribution in [0.3, 0.4) is 0 Å². The van der Waals surface area contributed by atoms with Crippen molar-refractivity contribution in [2.24, 2.45) is 0 Å². The van der Waals surface area contributed by atoms with E-state index in [9.17, 15) is 4.79 Å². The number of aromatic amines is 1. The van der Waals surface area contributed by atoms with E-state index in [2.05, 4.69) is 35.1 Å². The Morgan fingerprint density at radius 1 is 1.09 bits per heavy atom. The molecule has 6 heteroatoms. The third-order valence-electron chi connectivity index (χ3n) is 7.16. The van der Waals surface area contributed by atoms with Crippen LogP contribution < -0.4 is 5.73 Å². The number of rotatable bonds is 4. The van der Waals surface area contributed by atoms with Gasteiger partial charge in [0.15, 0.2) is 0 Å². The van der Waals surface area contributed by atoms with Crippen molar-refractivity contribution in [3.05, 3.63) is 70.0 Å². The van der Waals surface area contributed by atoms with E-state index in [0.29, 0.717) is 17.0 Å². The molecule has 2 aliphatic rings. The zero-order valence-corrected chi connectivity index (χ0v) is 19.2. The molecule has 1 aliphatic heterocycles. The van der Waals surface area contributed by atoms with E-state index in [-0.39, 0.29) is 5.91 Å². The van der Waals surface area contributed by atoms with Crippen LogP contribution in [0.4, 0.5) is 5.69 Å². The molecular weight excluding hydrogens is 420 g/mol. The number of aryl methyl sites for hydroxylation is 1. The fourth-order valence-electron chi connectivity index (χ4n) is 5.01. The summed E-state index contributed by atoms with van der Waals surface area (Å²) in [4.78, 5) is 23.1. The number of piperidine rings is 1. The topological polar surface area (TPSA) is 75.0 Å². The molecule has 1 saturated carbocycles. The number of aromatic nitrogens is 2. The molecule has 2 fully saturated rings. The molecule has 0 atom stereocenters. The maximum Gasteiger partial charge on any atom is 0.254 e. The predicted octanol–water partition coefficient (Wildman–Crippen LogP) is 5.91. The van der Waals surface area contributed by atoms with Crippen LogP contribution in [0.15, 0.2) is 42.6 Å². The molecule has 1 saturated heterocycles. The lowest BCUT2D eigenvalue weighted by atomic mass is 9.77. The largest absolute Gasteiger partial charge is 0.399 e. The predicted molar refractivity (Wildman–Crippen MR) is 129 cm³/mol. The summed E-state index contributed by atoms with van der Waals surface area (Å²) < 4.78 is 0. The summed E-state index contributed by atoms with van der Waals surface area (Å²) in [7, 11) is 0. The third-order valence-corrected chi connectivity index (χ3v) is 7.35. The Labute approximate surface area is 194 Å². The van der Waals surface area contributed by atoms with Crippen LogP contribution in [-0.2, 0) is 0 Å². The van der Waals surface area contributed by atoms with Gasteiger partial charge in [0, 0.05) is 29.9 Å². The van der Waals surface area contributed by atoms with Gasteiger partial charge in [-0.05, 0) is 79.3 Å². The molecule has 3 aromatic rings. The van der Waals surface area contributed by atoms with Crippen molar-refractivity contribution < 1.29 is 4.79 Å². The molecule has 1 aliphatic carbocycles. The van der Waals surface area contributed by atoms with E-state index in [1.54, 1.807) is 6.20 Å². The standard InChI is InChI=1S/C26H29ClN4O/c1-16-13-22(19-3-2-4-19)23(25-29-15-24(27)30-25)14-21(16)26(32)31-11-9-18(10-12-31)17-5-7-20(28)8-6-17/h5-8,13-15,18-19H,2-4,9-12,28H2,1H3,(H,29,30). The van der Waals surface area contributed by atoms with Crippen molar-refractivity contribution >= 4 is 23.2 Å². The minimum absolute atomic E-state index is 0.109. The lowest BCUT2D eigenvalue weighted by Gasteiger charge is -2.33. The monoisotopic (exact) mass is 448 g/mol. The van der Waals surface area contributed by atoms with E-state index < -0.39 is 0 Å². The molecule has 32 heavy (non-hydrogen) atoms. The van der Waals surface area contributed by atoms with Gasteiger partial charge in [-0.25, -0.2) is 4.98 Å². The molecule has 0 bridgehead atoms. The summed E-state index contributed by atoms with van der Waals surface area (Å²) in [6.07, 6.45) is 7.20. The number of H-pyrrole nitrogens is 1. The van der Waals surface area contributed by atoms with Gasteiger partial charge in [-0.15, -0.1) is 0 Å². The van der Waals surface area contributed by atoms with Gasteiger partial charge in [0.1, 0.15) is 11.0 Å². The Balaban J connectivity index is 1.38. The quantitative estimate of drug-likeness (QED) is 0.487. The number of anilines is 1. The minimum Gasteiger partial charge on any atom is -0.399 e. The first kappa shape index (κ1) is 21.1. The smallest absolute Gasteiger partial charge is 0.254 e. The molecule has 2 heterocycles. The van der Waals surface area contributed by atoms with E-state index in [4.69, 9.17) is 17.3 Å². The van der Waals surface area contributed by atoms with Crippen LogP contribution >= 0.6 is 11.6 Å². The van der Waals surface area contributed by atoms with E-state index >= 15 is 0 Å². The van der Waals surface area contributed by atoms with Gasteiger partial charge in [-0.1, -0.05) is 36.2 Å². The second-order valence-corrected chi connectivity index (χ2v) is 9.60. The van der Waals surface area contributed by atoms with Gasteiger partial charge < -0.3 is 15.6 Å². The van der Waals surface area contributed by atoms with Crippen LogP contribution in [0.2, 0.25) is 5.15 Å². The van der Waals surface area contributed by atoms with E-state index in [0.717, 1.165) is 54.1 Å². The fourth-order valence-corrected chi connectivity index (χ4v) is 5.15. The van der Waals surface area contributed by atoms with Crippen molar-refractivity contribution in [3.63, 3.8) is 0 Å². The number of amides is 1. The second-order valence-electron chi connectivity index (χ2n) is 9.20. The zero-order chi connectivity index (χ0) is 22.2. The first-order chi connectivity index (χ1) is 15.5. The molecule has 0 unspecified atom stereocenters. The number of hydrogen-bond acceptors (Lipinski definition) is 3. The Bertz CT molecular complexity index is 1130. The normalized spacial score (nSPS) is 17.4. The first-order valence-corrected chi connectivity index (χ1v) is 11.9. The Morgan fingerprint density at radius 2 is 1.81 bits per heavy atom. The van der Waals surface area contributed by atoms with Crippen molar-refractivity contribution in [1.82, 2.24) is 14.9 Å². The van der Waals surface area contributed by atoms with Crippen LogP contribution in [0.25, 0.3) is 11.4 Å². The summed E-state index contributed by atoms with van der Waals surface area (Å²) in [5.41, 5.74) is 12.0. The lowest BCUT2D eigenvalue weighted by Crippen LogP contribution is -2.38. The molecule has 5 nitrogen and oxygen atoms in total. The number of nitrogens with one attached hydrogen (secondary N) is 1. The summed E-state index contributed by atoms with van der Waals surface area (Å²) in [5, 5.41) is 0.512.